The lowest BCUT2D eigenvalue weighted by Crippen LogP contribution is -2.34. The Morgan fingerprint density at radius 1 is 1.30 bits per heavy atom. The van der Waals surface area contributed by atoms with Crippen molar-refractivity contribution in [1.82, 2.24) is 9.88 Å². The van der Waals surface area contributed by atoms with Gasteiger partial charge in [-0.05, 0) is 31.2 Å². The van der Waals surface area contributed by atoms with Crippen molar-refractivity contribution < 1.29 is 9.90 Å². The van der Waals surface area contributed by atoms with E-state index in [9.17, 15) is 9.90 Å². The average molecular weight is 334 g/mol. The summed E-state index contributed by atoms with van der Waals surface area (Å²) in [5, 5.41) is 12.5. The number of aliphatic hydroxyl groups excluding tert-OH is 1. The van der Waals surface area contributed by atoms with Crippen LogP contribution in [0.5, 0.6) is 0 Å². The van der Waals surface area contributed by atoms with Gasteiger partial charge in [-0.3, -0.25) is 9.69 Å². The molecular weight excluding hydrogens is 314 g/mol. The maximum atomic E-state index is 12.2. The maximum Gasteiger partial charge on any atom is 0.239 e. The first-order valence-corrected chi connectivity index (χ1v) is 7.75. The Hall–Kier alpha value is -1.95. The summed E-state index contributed by atoms with van der Waals surface area (Å²) in [6, 6.07) is 13.1. The highest BCUT2D eigenvalue weighted by Gasteiger charge is 2.19. The van der Waals surface area contributed by atoms with E-state index in [0.29, 0.717) is 17.3 Å². The van der Waals surface area contributed by atoms with Crippen LogP contribution in [0.2, 0.25) is 5.02 Å². The van der Waals surface area contributed by atoms with E-state index >= 15 is 0 Å². The predicted molar refractivity (Wildman–Crippen MR) is 91.4 cm³/mol. The van der Waals surface area contributed by atoms with Crippen molar-refractivity contribution in [2.75, 3.05) is 25.5 Å². The van der Waals surface area contributed by atoms with Crippen LogP contribution in [-0.2, 0) is 4.79 Å². The summed E-state index contributed by atoms with van der Waals surface area (Å²) in [5.74, 6) is 0.299. The standard InChI is InChI=1S/C17H20ClN3O2/c1-21(15(9-10-22)13-5-3-2-4-6-13)12-17(23)20-16-8-7-14(18)11-19-16/h2-8,11,15,22H,9-10,12H2,1H3,(H,19,20,23). The number of pyridine rings is 1. The summed E-state index contributed by atoms with van der Waals surface area (Å²) >= 11 is 5.77. The molecule has 1 atom stereocenters. The Labute approximate surface area is 140 Å². The van der Waals surface area contributed by atoms with Gasteiger partial charge < -0.3 is 10.4 Å². The third-order valence-electron chi connectivity index (χ3n) is 3.51. The molecule has 0 fully saturated rings. The molecule has 5 nitrogen and oxygen atoms in total. The fraction of sp³-hybridized carbons (Fsp3) is 0.294. The fourth-order valence-corrected chi connectivity index (χ4v) is 2.52. The van der Waals surface area contributed by atoms with Gasteiger partial charge in [-0.15, -0.1) is 0 Å². The normalized spacial score (nSPS) is 12.2. The number of nitrogens with zero attached hydrogens (tertiary/aromatic N) is 2. The predicted octanol–water partition coefficient (Wildman–Crippen LogP) is 2.73. The van der Waals surface area contributed by atoms with Crippen LogP contribution in [0.4, 0.5) is 5.82 Å². The Balaban J connectivity index is 1.99. The van der Waals surface area contributed by atoms with Crippen molar-refractivity contribution in [3.05, 3.63) is 59.2 Å². The highest BCUT2D eigenvalue weighted by Crippen LogP contribution is 2.22. The van der Waals surface area contributed by atoms with E-state index in [-0.39, 0.29) is 25.1 Å². The molecular formula is C17H20ClN3O2. The zero-order valence-electron chi connectivity index (χ0n) is 12.9. The Morgan fingerprint density at radius 2 is 2.04 bits per heavy atom. The Kier molecular flexibility index (Phi) is 6.52. The SMILES string of the molecule is CN(CC(=O)Nc1ccc(Cl)cn1)C(CCO)c1ccccc1. The quantitative estimate of drug-likeness (QED) is 0.817. The van der Waals surface area contributed by atoms with Gasteiger partial charge >= 0.3 is 0 Å². The molecule has 0 spiro atoms. The van der Waals surface area contributed by atoms with Gasteiger partial charge in [0.15, 0.2) is 0 Å². The van der Waals surface area contributed by atoms with E-state index in [1.54, 1.807) is 12.1 Å². The first-order valence-electron chi connectivity index (χ1n) is 7.37. The smallest absolute Gasteiger partial charge is 0.239 e. The zero-order valence-corrected chi connectivity index (χ0v) is 13.7. The summed E-state index contributed by atoms with van der Waals surface area (Å²) in [6.45, 7) is 0.258. The summed E-state index contributed by atoms with van der Waals surface area (Å²) < 4.78 is 0. The number of aliphatic hydroxyl groups is 1. The number of aromatic nitrogens is 1. The van der Waals surface area contributed by atoms with Crippen molar-refractivity contribution in [2.24, 2.45) is 0 Å². The first kappa shape index (κ1) is 17.4. The maximum absolute atomic E-state index is 12.2. The van der Waals surface area contributed by atoms with E-state index in [0.717, 1.165) is 5.56 Å². The lowest BCUT2D eigenvalue weighted by atomic mass is 10.0. The van der Waals surface area contributed by atoms with Crippen LogP contribution in [0, 0.1) is 0 Å². The number of amides is 1. The molecule has 2 aromatic rings. The monoisotopic (exact) mass is 333 g/mol. The molecule has 0 aliphatic rings. The molecule has 0 bridgehead atoms. The molecule has 122 valence electrons. The summed E-state index contributed by atoms with van der Waals surface area (Å²) in [6.07, 6.45) is 2.05. The number of carbonyl (C=O) groups is 1. The van der Waals surface area contributed by atoms with Gasteiger partial charge in [0.1, 0.15) is 5.82 Å². The molecule has 1 amide bonds. The van der Waals surface area contributed by atoms with Gasteiger partial charge in [0.05, 0.1) is 11.6 Å². The second kappa shape index (κ2) is 8.62. The minimum absolute atomic E-state index is 0.0230. The van der Waals surface area contributed by atoms with E-state index in [1.165, 1.54) is 6.20 Å². The first-order chi connectivity index (χ1) is 11.1. The largest absolute Gasteiger partial charge is 0.396 e. The number of benzene rings is 1. The molecule has 23 heavy (non-hydrogen) atoms. The molecule has 1 aromatic carbocycles. The van der Waals surface area contributed by atoms with Crippen molar-refractivity contribution >= 4 is 23.3 Å². The van der Waals surface area contributed by atoms with Gasteiger partial charge in [-0.25, -0.2) is 4.98 Å². The molecule has 0 saturated carbocycles. The number of halogens is 1. The topological polar surface area (TPSA) is 65.5 Å². The molecule has 6 heteroatoms. The van der Waals surface area contributed by atoms with Crippen molar-refractivity contribution in [3.63, 3.8) is 0 Å². The summed E-state index contributed by atoms with van der Waals surface area (Å²) in [5.41, 5.74) is 1.07. The van der Waals surface area contributed by atoms with Crippen molar-refractivity contribution in [2.45, 2.75) is 12.5 Å². The number of nitrogens with one attached hydrogen (secondary N) is 1. The van der Waals surface area contributed by atoms with Crippen LogP contribution in [0.25, 0.3) is 0 Å². The van der Waals surface area contributed by atoms with E-state index < -0.39 is 0 Å². The van der Waals surface area contributed by atoms with Crippen LogP contribution in [0.1, 0.15) is 18.0 Å². The average Bonchev–Trinajstić information content (AvgIpc) is 2.55. The number of rotatable bonds is 7. The number of hydrogen-bond acceptors (Lipinski definition) is 4. The van der Waals surface area contributed by atoms with Crippen LogP contribution >= 0.6 is 11.6 Å². The van der Waals surface area contributed by atoms with Crippen LogP contribution < -0.4 is 5.32 Å². The molecule has 2 N–H and O–H groups in total. The molecule has 1 heterocycles. The highest BCUT2D eigenvalue weighted by molar-refractivity contribution is 6.30. The number of anilines is 1. The molecule has 0 aliphatic carbocycles. The van der Waals surface area contributed by atoms with E-state index in [4.69, 9.17) is 11.6 Å². The molecule has 0 radical (unpaired) electrons. The molecule has 2 rings (SSSR count). The van der Waals surface area contributed by atoms with Crippen LogP contribution in [0.3, 0.4) is 0 Å². The molecule has 1 aromatic heterocycles. The van der Waals surface area contributed by atoms with Crippen molar-refractivity contribution in [3.8, 4) is 0 Å². The van der Waals surface area contributed by atoms with Gasteiger partial charge in [-0.2, -0.15) is 0 Å². The van der Waals surface area contributed by atoms with Gasteiger partial charge in [-0.1, -0.05) is 41.9 Å². The number of likely N-dealkylation sites (N-methyl/N-ethyl adjacent to an activating group) is 1. The second-order valence-electron chi connectivity index (χ2n) is 5.26. The molecule has 0 aliphatic heterocycles. The Bertz CT molecular complexity index is 619. The minimum atomic E-state index is -0.166. The van der Waals surface area contributed by atoms with E-state index in [2.05, 4.69) is 10.3 Å². The zero-order chi connectivity index (χ0) is 16.7. The van der Waals surface area contributed by atoms with E-state index in [1.807, 2.05) is 42.3 Å². The van der Waals surface area contributed by atoms with Gasteiger partial charge in [0.25, 0.3) is 0 Å². The molecule has 1 unspecified atom stereocenters. The fourth-order valence-electron chi connectivity index (χ4n) is 2.41. The lowest BCUT2D eigenvalue weighted by molar-refractivity contribution is -0.117. The molecule has 0 saturated heterocycles. The third-order valence-corrected chi connectivity index (χ3v) is 3.73. The minimum Gasteiger partial charge on any atom is -0.396 e. The second-order valence-corrected chi connectivity index (χ2v) is 5.70. The number of carbonyl (C=O) groups excluding carboxylic acids is 1. The third kappa shape index (κ3) is 5.32. The lowest BCUT2D eigenvalue weighted by Gasteiger charge is -2.27. The van der Waals surface area contributed by atoms with Gasteiger partial charge in [0, 0.05) is 18.8 Å². The number of hydrogen-bond donors (Lipinski definition) is 2. The van der Waals surface area contributed by atoms with Crippen LogP contribution in [-0.4, -0.2) is 41.1 Å². The highest BCUT2D eigenvalue weighted by atomic mass is 35.5. The van der Waals surface area contributed by atoms with Gasteiger partial charge in [0.2, 0.25) is 5.91 Å². The van der Waals surface area contributed by atoms with Crippen LogP contribution in [0.15, 0.2) is 48.7 Å². The summed E-state index contributed by atoms with van der Waals surface area (Å²) in [7, 11) is 1.86. The summed E-state index contributed by atoms with van der Waals surface area (Å²) in [4.78, 5) is 18.1. The van der Waals surface area contributed by atoms with Crippen molar-refractivity contribution in [1.29, 1.82) is 0 Å². The Morgan fingerprint density at radius 3 is 2.65 bits per heavy atom.